The minimum atomic E-state index is -4.84. The van der Waals surface area contributed by atoms with Gasteiger partial charge in [-0.25, -0.2) is 0 Å². The number of hydrogen-bond acceptors (Lipinski definition) is 3. The fourth-order valence-corrected chi connectivity index (χ4v) is 2.39. The Kier molecular flexibility index (Phi) is 4.79. The first kappa shape index (κ1) is 16.4. The van der Waals surface area contributed by atoms with Gasteiger partial charge in [0.25, 0.3) is 0 Å². The van der Waals surface area contributed by atoms with Gasteiger partial charge in [-0.3, -0.25) is 4.98 Å². The van der Waals surface area contributed by atoms with Crippen molar-refractivity contribution in [3.8, 4) is 23.1 Å². The van der Waals surface area contributed by atoms with Crippen LogP contribution in [0.4, 0.5) is 13.2 Å². The summed E-state index contributed by atoms with van der Waals surface area (Å²) < 4.78 is 41.4. The molecule has 22 heavy (non-hydrogen) atoms. The average Bonchev–Trinajstić information content (AvgIpc) is 2.43. The van der Waals surface area contributed by atoms with Crippen molar-refractivity contribution >= 4 is 23.2 Å². The molecule has 1 aromatic heterocycles. The van der Waals surface area contributed by atoms with Gasteiger partial charge in [0.05, 0.1) is 28.2 Å². The molecule has 1 aromatic carbocycles. The number of pyridine rings is 1. The van der Waals surface area contributed by atoms with Gasteiger partial charge in [0.1, 0.15) is 5.75 Å². The molecule has 0 radical (unpaired) electrons. The molecule has 0 aliphatic heterocycles. The van der Waals surface area contributed by atoms with Crippen LogP contribution >= 0.6 is 23.2 Å². The van der Waals surface area contributed by atoms with Crippen molar-refractivity contribution in [3.05, 3.63) is 46.1 Å². The molecular weight excluding hydrogens is 340 g/mol. The van der Waals surface area contributed by atoms with Crippen LogP contribution in [0.5, 0.6) is 5.75 Å². The van der Waals surface area contributed by atoms with E-state index in [4.69, 9.17) is 28.5 Å². The van der Waals surface area contributed by atoms with E-state index in [0.717, 1.165) is 6.07 Å². The van der Waals surface area contributed by atoms with E-state index in [1.807, 2.05) is 6.07 Å². The second-order valence-electron chi connectivity index (χ2n) is 4.13. The summed E-state index contributed by atoms with van der Waals surface area (Å²) in [5.74, 6) is -0.436. The maximum absolute atomic E-state index is 12.5. The third-order valence-corrected chi connectivity index (χ3v) is 3.42. The first-order valence-corrected chi connectivity index (χ1v) is 6.64. The Balaban J connectivity index is 2.58. The molecule has 8 heteroatoms. The lowest BCUT2D eigenvalue weighted by Crippen LogP contribution is -2.17. The van der Waals surface area contributed by atoms with E-state index in [2.05, 4.69) is 9.72 Å². The van der Waals surface area contributed by atoms with Gasteiger partial charge in [0.2, 0.25) is 0 Å². The fraction of sp³-hybridized carbons (Fsp3) is 0.143. The Bertz CT molecular complexity index is 742. The van der Waals surface area contributed by atoms with Gasteiger partial charge in [-0.2, -0.15) is 5.26 Å². The molecule has 0 fully saturated rings. The van der Waals surface area contributed by atoms with Gasteiger partial charge in [0, 0.05) is 17.3 Å². The molecule has 114 valence electrons. The number of hydrogen-bond donors (Lipinski definition) is 0. The van der Waals surface area contributed by atoms with Crippen molar-refractivity contribution in [1.29, 1.82) is 5.26 Å². The normalized spacial score (nSPS) is 11.1. The van der Waals surface area contributed by atoms with E-state index in [9.17, 15) is 13.2 Å². The predicted octanol–water partition coefficient (Wildman–Crippen LogP) is 5.02. The third-order valence-electron chi connectivity index (χ3n) is 2.69. The molecule has 0 amide bonds. The Morgan fingerprint density at radius 2 is 1.91 bits per heavy atom. The maximum atomic E-state index is 12.5. The number of para-hydroxylation sites is 1. The Labute approximate surface area is 133 Å². The smallest absolute Gasteiger partial charge is 0.405 e. The second-order valence-corrected chi connectivity index (χ2v) is 4.91. The predicted molar refractivity (Wildman–Crippen MR) is 75.7 cm³/mol. The lowest BCUT2D eigenvalue weighted by atomic mass is 10.1. The molecule has 3 nitrogen and oxygen atoms in total. The summed E-state index contributed by atoms with van der Waals surface area (Å²) in [6, 6.07) is 7.35. The van der Waals surface area contributed by atoms with Crippen molar-refractivity contribution < 1.29 is 17.9 Å². The highest BCUT2D eigenvalue weighted by Crippen LogP contribution is 2.38. The van der Waals surface area contributed by atoms with E-state index < -0.39 is 12.1 Å². The van der Waals surface area contributed by atoms with Crippen LogP contribution in [0.1, 0.15) is 5.56 Å². The van der Waals surface area contributed by atoms with Gasteiger partial charge >= 0.3 is 6.36 Å². The number of ether oxygens (including phenoxy) is 1. The van der Waals surface area contributed by atoms with Gasteiger partial charge < -0.3 is 4.74 Å². The highest BCUT2D eigenvalue weighted by molar-refractivity contribution is 6.37. The molecule has 0 atom stereocenters. The van der Waals surface area contributed by atoms with E-state index in [1.165, 1.54) is 24.4 Å². The number of rotatable bonds is 3. The number of benzene rings is 1. The monoisotopic (exact) mass is 346 g/mol. The summed E-state index contributed by atoms with van der Waals surface area (Å²) in [5, 5.41) is 8.97. The van der Waals surface area contributed by atoms with Crippen LogP contribution in [0.2, 0.25) is 10.0 Å². The minimum absolute atomic E-state index is 0.0206. The SMILES string of the molecule is N#CCc1c(Cl)cnc(-c2ccccc2OC(F)(F)F)c1Cl. The highest BCUT2D eigenvalue weighted by atomic mass is 35.5. The zero-order valence-corrected chi connectivity index (χ0v) is 12.3. The van der Waals surface area contributed by atoms with Crippen molar-refractivity contribution in [3.63, 3.8) is 0 Å². The lowest BCUT2D eigenvalue weighted by molar-refractivity contribution is -0.274. The summed E-state index contributed by atoms with van der Waals surface area (Å²) >= 11 is 12.0. The van der Waals surface area contributed by atoms with Crippen LogP contribution in [0.15, 0.2) is 30.5 Å². The van der Waals surface area contributed by atoms with Crippen molar-refractivity contribution in [2.24, 2.45) is 0 Å². The van der Waals surface area contributed by atoms with Crippen LogP contribution in [-0.4, -0.2) is 11.3 Å². The quantitative estimate of drug-likeness (QED) is 0.783. The summed E-state index contributed by atoms with van der Waals surface area (Å²) in [5.41, 5.74) is 0.425. The molecule has 2 rings (SSSR count). The van der Waals surface area contributed by atoms with Crippen LogP contribution in [0.3, 0.4) is 0 Å². The zero-order chi connectivity index (χ0) is 16.3. The highest BCUT2D eigenvalue weighted by Gasteiger charge is 2.32. The number of nitrogens with zero attached hydrogens (tertiary/aromatic N) is 2. The number of aromatic nitrogens is 1. The Morgan fingerprint density at radius 1 is 1.23 bits per heavy atom. The van der Waals surface area contributed by atoms with E-state index in [-0.39, 0.29) is 27.7 Å². The fourth-order valence-electron chi connectivity index (χ4n) is 1.81. The van der Waals surface area contributed by atoms with Gasteiger partial charge in [0.15, 0.2) is 0 Å². The van der Waals surface area contributed by atoms with E-state index in [1.54, 1.807) is 0 Å². The van der Waals surface area contributed by atoms with Crippen LogP contribution in [0, 0.1) is 11.3 Å². The van der Waals surface area contributed by atoms with Crippen molar-refractivity contribution in [1.82, 2.24) is 4.98 Å². The molecule has 0 saturated heterocycles. The Morgan fingerprint density at radius 3 is 2.55 bits per heavy atom. The van der Waals surface area contributed by atoms with Crippen molar-refractivity contribution in [2.75, 3.05) is 0 Å². The molecular formula is C14H7Cl2F3N2O. The summed E-state index contributed by atoms with van der Waals surface area (Å²) in [6.45, 7) is 0. The minimum Gasteiger partial charge on any atom is -0.405 e. The molecule has 0 unspecified atom stereocenters. The number of halogens is 5. The molecule has 0 aliphatic rings. The second kappa shape index (κ2) is 6.42. The molecule has 1 heterocycles. The van der Waals surface area contributed by atoms with Crippen LogP contribution < -0.4 is 4.74 Å². The molecule has 0 spiro atoms. The van der Waals surface area contributed by atoms with Gasteiger partial charge in [-0.15, -0.1) is 13.2 Å². The van der Waals surface area contributed by atoms with Crippen molar-refractivity contribution in [2.45, 2.75) is 12.8 Å². The van der Waals surface area contributed by atoms with Crippen LogP contribution in [0.25, 0.3) is 11.3 Å². The average molecular weight is 347 g/mol. The third kappa shape index (κ3) is 3.62. The summed E-state index contributed by atoms with van der Waals surface area (Å²) in [6.07, 6.45) is -3.69. The molecule has 0 aliphatic carbocycles. The molecule has 2 aromatic rings. The topological polar surface area (TPSA) is 45.9 Å². The largest absolute Gasteiger partial charge is 0.573 e. The summed E-state index contributed by atoms with van der Waals surface area (Å²) in [7, 11) is 0. The zero-order valence-electron chi connectivity index (χ0n) is 10.8. The first-order chi connectivity index (χ1) is 10.3. The van der Waals surface area contributed by atoms with Crippen LogP contribution in [-0.2, 0) is 6.42 Å². The number of alkyl halides is 3. The van der Waals surface area contributed by atoms with Gasteiger partial charge in [-0.05, 0) is 12.1 Å². The van der Waals surface area contributed by atoms with Gasteiger partial charge in [-0.1, -0.05) is 35.3 Å². The maximum Gasteiger partial charge on any atom is 0.573 e. The van der Waals surface area contributed by atoms with E-state index >= 15 is 0 Å². The molecule has 0 saturated carbocycles. The standard InChI is InChI=1S/C14H7Cl2F3N2O/c15-10-7-21-13(12(16)8(10)5-6-20)9-3-1-2-4-11(9)22-14(17,18)19/h1-4,7H,5H2. The number of nitriles is 1. The first-order valence-electron chi connectivity index (χ1n) is 5.88. The molecule has 0 N–H and O–H groups in total. The lowest BCUT2D eigenvalue weighted by Gasteiger charge is -2.14. The molecule has 0 bridgehead atoms. The summed E-state index contributed by atoms with van der Waals surface area (Å²) in [4.78, 5) is 3.96. The van der Waals surface area contributed by atoms with E-state index in [0.29, 0.717) is 5.56 Å². The Hall–Kier alpha value is -1.97.